The molecule has 0 bridgehead atoms. The quantitative estimate of drug-likeness (QED) is 0.405. The lowest BCUT2D eigenvalue weighted by atomic mass is 10.1. The van der Waals surface area contributed by atoms with Crippen molar-refractivity contribution in [3.63, 3.8) is 0 Å². The van der Waals surface area contributed by atoms with Gasteiger partial charge in [-0.2, -0.15) is 0 Å². The number of carbonyl (C=O) groups is 2. The van der Waals surface area contributed by atoms with E-state index in [4.69, 9.17) is 10.3 Å². The number of amides is 1. The van der Waals surface area contributed by atoms with Crippen molar-refractivity contribution in [2.24, 2.45) is 5.11 Å². The molecular weight excluding hydrogens is 286 g/mol. The Kier molecular flexibility index (Phi) is 3.43. The molecular formula is C14H9N5O3. The van der Waals surface area contributed by atoms with E-state index in [1.54, 1.807) is 18.2 Å². The Bertz CT molecular complexity index is 827. The van der Waals surface area contributed by atoms with Gasteiger partial charge in [-0.15, -0.1) is 0 Å². The normalized spacial score (nSPS) is 12.1. The Balaban J connectivity index is 1.81. The second-order valence-electron chi connectivity index (χ2n) is 4.49. The molecule has 1 aromatic carbocycles. The lowest BCUT2D eigenvalue weighted by Gasteiger charge is -2.06. The van der Waals surface area contributed by atoms with E-state index in [2.05, 4.69) is 20.3 Å². The van der Waals surface area contributed by atoms with Crippen LogP contribution in [0.15, 0.2) is 41.6 Å². The zero-order valence-electron chi connectivity index (χ0n) is 11.2. The van der Waals surface area contributed by atoms with Crippen LogP contribution in [0.4, 0.5) is 11.5 Å². The molecule has 0 saturated heterocycles. The highest BCUT2D eigenvalue weighted by molar-refractivity contribution is 6.05. The van der Waals surface area contributed by atoms with Crippen LogP contribution in [-0.4, -0.2) is 16.9 Å². The molecule has 0 radical (unpaired) electrons. The highest BCUT2D eigenvalue weighted by atomic mass is 16.5. The first-order valence-electron chi connectivity index (χ1n) is 6.30. The van der Waals surface area contributed by atoms with E-state index in [1.165, 1.54) is 18.3 Å². The summed E-state index contributed by atoms with van der Waals surface area (Å²) in [6.07, 6.45) is 1.38. The largest absolute Gasteiger partial charge is 0.457 e. The van der Waals surface area contributed by atoms with Gasteiger partial charge in [-0.3, -0.25) is 9.78 Å². The zero-order chi connectivity index (χ0) is 15.5. The second-order valence-corrected chi connectivity index (χ2v) is 4.49. The molecule has 1 aliphatic rings. The number of ether oxygens (including phenoxy) is 1. The smallest absolute Gasteiger partial charge is 0.338 e. The first kappa shape index (κ1) is 13.6. The summed E-state index contributed by atoms with van der Waals surface area (Å²) in [5.74, 6) is -0.619. The van der Waals surface area contributed by atoms with E-state index in [-0.39, 0.29) is 24.3 Å². The zero-order valence-corrected chi connectivity index (χ0v) is 11.2. The molecule has 1 aliphatic heterocycles. The van der Waals surface area contributed by atoms with Crippen LogP contribution < -0.4 is 5.32 Å². The van der Waals surface area contributed by atoms with Gasteiger partial charge >= 0.3 is 5.97 Å². The van der Waals surface area contributed by atoms with Crippen LogP contribution in [0.2, 0.25) is 0 Å². The minimum Gasteiger partial charge on any atom is -0.457 e. The average molecular weight is 295 g/mol. The van der Waals surface area contributed by atoms with Gasteiger partial charge in [0, 0.05) is 27.9 Å². The number of fused-ring (bicyclic) bond motifs is 1. The fourth-order valence-corrected chi connectivity index (χ4v) is 2.07. The number of hydrogen-bond donors (Lipinski definition) is 1. The van der Waals surface area contributed by atoms with Crippen molar-refractivity contribution in [2.45, 2.75) is 6.61 Å². The summed E-state index contributed by atoms with van der Waals surface area (Å²) in [5.41, 5.74) is 10.5. The van der Waals surface area contributed by atoms with E-state index < -0.39 is 0 Å². The van der Waals surface area contributed by atoms with E-state index in [0.29, 0.717) is 16.8 Å². The number of benzene rings is 1. The number of aromatic nitrogens is 1. The van der Waals surface area contributed by atoms with Gasteiger partial charge in [-0.25, -0.2) is 4.79 Å². The minimum absolute atomic E-state index is 0.114. The second kappa shape index (κ2) is 5.55. The number of nitrogens with one attached hydrogen (secondary N) is 1. The number of hydrogen-bond acceptors (Lipinski definition) is 5. The summed E-state index contributed by atoms with van der Waals surface area (Å²) in [6.45, 7) is 0.203. The Morgan fingerprint density at radius 1 is 1.36 bits per heavy atom. The minimum atomic E-state index is -0.373. The van der Waals surface area contributed by atoms with Crippen LogP contribution in [-0.2, 0) is 11.3 Å². The molecule has 8 nitrogen and oxygen atoms in total. The number of anilines is 1. The van der Waals surface area contributed by atoms with E-state index in [0.717, 1.165) is 5.56 Å². The van der Waals surface area contributed by atoms with Crippen LogP contribution >= 0.6 is 0 Å². The summed E-state index contributed by atoms with van der Waals surface area (Å²) in [4.78, 5) is 30.0. The maximum absolute atomic E-state index is 12.2. The Morgan fingerprint density at radius 3 is 3.05 bits per heavy atom. The van der Waals surface area contributed by atoms with Gasteiger partial charge in [0.15, 0.2) is 0 Å². The Hall–Kier alpha value is -3.38. The van der Waals surface area contributed by atoms with Gasteiger partial charge in [-0.05, 0) is 41.0 Å². The number of azide groups is 1. The highest BCUT2D eigenvalue weighted by Crippen LogP contribution is 2.23. The van der Waals surface area contributed by atoms with Gasteiger partial charge in [0.25, 0.3) is 5.91 Å². The fraction of sp³-hybridized carbons (Fsp3) is 0.0714. The van der Waals surface area contributed by atoms with Crippen LogP contribution in [0.25, 0.3) is 10.4 Å². The lowest BCUT2D eigenvalue weighted by molar-refractivity contribution is 0.0535. The molecule has 22 heavy (non-hydrogen) atoms. The number of nitrogens with zero attached hydrogens (tertiary/aromatic N) is 4. The van der Waals surface area contributed by atoms with Crippen molar-refractivity contribution >= 4 is 23.4 Å². The summed E-state index contributed by atoms with van der Waals surface area (Å²) in [6, 6.07) is 7.81. The standard InChI is InChI=1S/C14H9N5O3/c15-19-18-12-6-8(3-4-16-12)13(20)17-10-1-2-11-9(5-10)7-22-14(11)21/h1-6H,7H2,(H,17,20). The van der Waals surface area contributed by atoms with Crippen LogP contribution in [0.5, 0.6) is 0 Å². The molecule has 0 aliphatic carbocycles. The third kappa shape index (κ3) is 2.58. The van der Waals surface area contributed by atoms with Gasteiger partial charge in [0.2, 0.25) is 0 Å². The van der Waals surface area contributed by atoms with Crippen molar-refractivity contribution in [3.8, 4) is 0 Å². The molecule has 0 fully saturated rings. The monoisotopic (exact) mass is 295 g/mol. The molecule has 1 aromatic heterocycles. The van der Waals surface area contributed by atoms with Crippen molar-refractivity contribution in [2.75, 3.05) is 5.32 Å². The predicted molar refractivity (Wildman–Crippen MR) is 76.6 cm³/mol. The van der Waals surface area contributed by atoms with Gasteiger partial charge in [0.1, 0.15) is 12.4 Å². The molecule has 8 heteroatoms. The third-order valence-electron chi connectivity index (χ3n) is 3.10. The highest BCUT2D eigenvalue weighted by Gasteiger charge is 2.21. The van der Waals surface area contributed by atoms with Crippen LogP contribution in [0.3, 0.4) is 0 Å². The lowest BCUT2D eigenvalue weighted by Crippen LogP contribution is -2.12. The van der Waals surface area contributed by atoms with Crippen molar-refractivity contribution < 1.29 is 14.3 Å². The number of carbonyl (C=O) groups excluding carboxylic acids is 2. The molecule has 0 unspecified atom stereocenters. The van der Waals surface area contributed by atoms with Gasteiger partial charge in [-0.1, -0.05) is 0 Å². The summed E-state index contributed by atoms with van der Waals surface area (Å²) >= 11 is 0. The maximum Gasteiger partial charge on any atom is 0.338 e. The fourth-order valence-electron chi connectivity index (χ4n) is 2.07. The third-order valence-corrected chi connectivity index (χ3v) is 3.10. The van der Waals surface area contributed by atoms with Crippen LogP contribution in [0.1, 0.15) is 26.3 Å². The number of esters is 1. The van der Waals surface area contributed by atoms with Gasteiger partial charge < -0.3 is 10.1 Å². The average Bonchev–Trinajstić information content (AvgIpc) is 2.89. The van der Waals surface area contributed by atoms with Crippen molar-refractivity contribution in [3.05, 3.63) is 63.7 Å². The SMILES string of the molecule is [N-]=[N+]=Nc1cc(C(=O)Nc2ccc3c(c2)COC3=O)ccn1. The molecule has 0 spiro atoms. The summed E-state index contributed by atoms with van der Waals surface area (Å²) in [5, 5.41) is 6.05. The number of pyridine rings is 1. The summed E-state index contributed by atoms with van der Waals surface area (Å²) in [7, 11) is 0. The maximum atomic E-state index is 12.2. The summed E-state index contributed by atoms with van der Waals surface area (Å²) < 4.78 is 4.90. The van der Waals surface area contributed by atoms with E-state index in [1.807, 2.05) is 0 Å². The molecule has 108 valence electrons. The van der Waals surface area contributed by atoms with Crippen molar-refractivity contribution in [1.82, 2.24) is 4.98 Å². The molecule has 3 rings (SSSR count). The predicted octanol–water partition coefficient (Wildman–Crippen LogP) is 2.95. The molecule has 0 atom stereocenters. The van der Waals surface area contributed by atoms with Crippen LogP contribution in [0, 0.1) is 0 Å². The topological polar surface area (TPSA) is 117 Å². The molecule has 2 aromatic rings. The van der Waals surface area contributed by atoms with E-state index >= 15 is 0 Å². The Labute approximate surface area is 124 Å². The molecule has 0 saturated carbocycles. The first-order valence-corrected chi connectivity index (χ1v) is 6.30. The number of rotatable bonds is 3. The molecule has 2 heterocycles. The van der Waals surface area contributed by atoms with E-state index in [9.17, 15) is 9.59 Å². The van der Waals surface area contributed by atoms with Gasteiger partial charge in [0.05, 0.1) is 5.56 Å². The molecule has 1 amide bonds. The first-order chi connectivity index (χ1) is 10.7. The molecule has 1 N–H and O–H groups in total. The van der Waals surface area contributed by atoms with Crippen molar-refractivity contribution in [1.29, 1.82) is 0 Å². The number of cyclic esters (lactones) is 1. The Morgan fingerprint density at radius 2 is 2.23 bits per heavy atom.